The quantitative estimate of drug-likeness (QED) is 0.108. The van der Waals surface area contributed by atoms with E-state index in [1.54, 1.807) is 0 Å². The summed E-state index contributed by atoms with van der Waals surface area (Å²) >= 11 is 0. The van der Waals surface area contributed by atoms with Crippen molar-refractivity contribution in [3.63, 3.8) is 0 Å². The fourth-order valence-electron chi connectivity index (χ4n) is 4.70. The average molecular weight is 583 g/mol. The Hall–Kier alpha value is -0.736. The summed E-state index contributed by atoms with van der Waals surface area (Å²) in [7, 11) is -3.95. The Kier molecular flexibility index (Phi) is 14.4. The third kappa shape index (κ3) is 12.0. The molecule has 1 aliphatic rings. The van der Waals surface area contributed by atoms with E-state index in [4.69, 9.17) is 14.0 Å². The van der Waals surface area contributed by atoms with Crippen molar-refractivity contribution in [2.45, 2.75) is 161 Å². The van der Waals surface area contributed by atoms with Crippen LogP contribution in [0.25, 0.3) is 0 Å². The van der Waals surface area contributed by atoms with E-state index < -0.39 is 28.7 Å². The van der Waals surface area contributed by atoms with Gasteiger partial charge in [0.25, 0.3) is 0 Å². The van der Waals surface area contributed by atoms with Crippen molar-refractivity contribution in [1.29, 1.82) is 0 Å². The van der Waals surface area contributed by atoms with E-state index in [0.717, 1.165) is 25.7 Å². The third-order valence-corrected chi connectivity index (χ3v) is 18.4. The van der Waals surface area contributed by atoms with Gasteiger partial charge in [0, 0.05) is 12.3 Å². The second kappa shape index (κ2) is 15.5. The van der Waals surface area contributed by atoms with E-state index in [0.29, 0.717) is 12.8 Å². The van der Waals surface area contributed by atoms with Gasteiger partial charge in [-0.3, -0.25) is 4.79 Å². The van der Waals surface area contributed by atoms with Crippen LogP contribution >= 0.6 is 0 Å². The van der Waals surface area contributed by atoms with Crippen molar-refractivity contribution in [3.05, 3.63) is 24.3 Å². The SMILES string of the molecule is CCCCC[C@@H](/C=C/[C@H]1[C@@H](C/C=C\CCCC(=O)O)[C@@H](O)C[C@H]1O[Si](C)(C)C(C)(C)C)O[Si](C)(C)C(C)(C)C. The molecular weight excluding hydrogens is 521 g/mol. The number of allylic oxidation sites excluding steroid dienone is 2. The van der Waals surface area contributed by atoms with Crippen molar-refractivity contribution < 1.29 is 23.9 Å². The monoisotopic (exact) mass is 582 g/mol. The minimum Gasteiger partial charge on any atom is -0.481 e. The van der Waals surface area contributed by atoms with Crippen LogP contribution in [0.1, 0.15) is 106 Å². The van der Waals surface area contributed by atoms with Crippen LogP contribution in [0, 0.1) is 11.8 Å². The maximum atomic E-state index is 11.2. The third-order valence-electron chi connectivity index (χ3n) is 9.37. The molecule has 228 valence electrons. The maximum Gasteiger partial charge on any atom is 0.303 e. The molecular formula is C32H62O5Si2. The molecule has 1 rings (SSSR count). The van der Waals surface area contributed by atoms with E-state index in [-0.39, 0.29) is 40.5 Å². The molecule has 0 spiro atoms. The van der Waals surface area contributed by atoms with Gasteiger partial charge in [-0.1, -0.05) is 92.0 Å². The van der Waals surface area contributed by atoms with Gasteiger partial charge in [-0.2, -0.15) is 0 Å². The zero-order valence-corrected chi connectivity index (χ0v) is 29.2. The van der Waals surface area contributed by atoms with Gasteiger partial charge < -0.3 is 19.1 Å². The minimum atomic E-state index is -2.02. The van der Waals surface area contributed by atoms with Crippen LogP contribution in [0.2, 0.25) is 36.3 Å². The first-order valence-corrected chi connectivity index (χ1v) is 21.2. The lowest BCUT2D eigenvalue weighted by atomic mass is 9.89. The molecule has 0 heterocycles. The molecule has 5 atom stereocenters. The van der Waals surface area contributed by atoms with Crippen LogP contribution in [-0.2, 0) is 13.6 Å². The van der Waals surface area contributed by atoms with Gasteiger partial charge in [0.1, 0.15) is 0 Å². The van der Waals surface area contributed by atoms with Gasteiger partial charge >= 0.3 is 5.97 Å². The summed E-state index contributed by atoms with van der Waals surface area (Å²) in [5, 5.41) is 20.3. The fraction of sp³-hybridized carbons (Fsp3) is 0.844. The molecule has 0 aliphatic heterocycles. The zero-order valence-electron chi connectivity index (χ0n) is 27.2. The summed E-state index contributed by atoms with van der Waals surface area (Å²) in [4.78, 5) is 10.8. The Morgan fingerprint density at radius 1 is 0.974 bits per heavy atom. The van der Waals surface area contributed by atoms with Crippen LogP contribution in [0.5, 0.6) is 0 Å². The standard InChI is InChI=1S/C32H62O5Si2/c1-12-13-16-19-25(36-38(8,9)31(2,3)4)22-23-27-26(20-17-14-15-18-21-30(34)35)28(33)24-29(27)37-39(10,11)32(5,6)7/h14,17,22-23,25-29,33H,12-13,15-16,18-21,24H2,1-11H3,(H,34,35)/b17-14-,23-22+/t25-,26+,27-,28-,29+/m0/s1. The van der Waals surface area contributed by atoms with E-state index in [9.17, 15) is 9.90 Å². The van der Waals surface area contributed by atoms with Crippen molar-refractivity contribution in [2.24, 2.45) is 11.8 Å². The van der Waals surface area contributed by atoms with Crippen LogP contribution in [0.15, 0.2) is 24.3 Å². The second-order valence-corrected chi connectivity index (χ2v) is 24.3. The molecule has 5 nitrogen and oxygen atoms in total. The van der Waals surface area contributed by atoms with Crippen molar-refractivity contribution in [2.75, 3.05) is 0 Å². The number of rotatable bonds is 16. The Bertz CT molecular complexity index is 791. The second-order valence-electron chi connectivity index (χ2n) is 14.8. The number of aliphatic carboxylic acids is 1. The van der Waals surface area contributed by atoms with Crippen molar-refractivity contribution >= 4 is 22.6 Å². The summed E-state index contributed by atoms with van der Waals surface area (Å²) < 4.78 is 13.8. The summed E-state index contributed by atoms with van der Waals surface area (Å²) in [6, 6.07) is 0. The Morgan fingerprint density at radius 3 is 2.13 bits per heavy atom. The first-order valence-electron chi connectivity index (χ1n) is 15.4. The van der Waals surface area contributed by atoms with E-state index in [1.165, 1.54) is 12.8 Å². The van der Waals surface area contributed by atoms with Crippen molar-refractivity contribution in [3.8, 4) is 0 Å². The predicted octanol–water partition coefficient (Wildman–Crippen LogP) is 9.10. The minimum absolute atomic E-state index is 0.00767. The molecule has 39 heavy (non-hydrogen) atoms. The number of unbranched alkanes of at least 4 members (excludes halogenated alkanes) is 3. The predicted molar refractivity (Wildman–Crippen MR) is 170 cm³/mol. The zero-order chi connectivity index (χ0) is 30.1. The van der Waals surface area contributed by atoms with Crippen LogP contribution in [0.3, 0.4) is 0 Å². The van der Waals surface area contributed by atoms with Gasteiger partial charge in [-0.05, 0) is 74.3 Å². The molecule has 0 amide bonds. The summed E-state index contributed by atoms with van der Waals surface area (Å²) in [5.74, 6) is -0.552. The Balaban J connectivity index is 3.22. The molecule has 7 heteroatoms. The Labute approximate surface area is 243 Å². The lowest BCUT2D eigenvalue weighted by Gasteiger charge is -2.40. The van der Waals surface area contributed by atoms with Crippen LogP contribution < -0.4 is 0 Å². The van der Waals surface area contributed by atoms with E-state index in [1.807, 2.05) is 0 Å². The van der Waals surface area contributed by atoms with E-state index in [2.05, 4.69) is 99.0 Å². The summed E-state index contributed by atoms with van der Waals surface area (Å²) in [5.41, 5.74) is 0. The highest BCUT2D eigenvalue weighted by Gasteiger charge is 2.47. The number of hydrogen-bond donors (Lipinski definition) is 2. The maximum absolute atomic E-state index is 11.2. The molecule has 0 aromatic rings. The molecule has 1 saturated carbocycles. The van der Waals surface area contributed by atoms with Crippen LogP contribution in [0.4, 0.5) is 0 Å². The average Bonchev–Trinajstić information content (AvgIpc) is 3.05. The number of aliphatic hydroxyl groups is 1. The van der Waals surface area contributed by atoms with Crippen molar-refractivity contribution in [1.82, 2.24) is 0 Å². The van der Waals surface area contributed by atoms with E-state index >= 15 is 0 Å². The molecule has 2 N–H and O–H groups in total. The number of carboxylic acid groups (broad SMARTS) is 1. The lowest BCUT2D eigenvalue weighted by Crippen LogP contribution is -2.45. The Morgan fingerprint density at radius 2 is 1.59 bits per heavy atom. The molecule has 0 unspecified atom stereocenters. The fourth-order valence-corrected chi connectivity index (χ4v) is 7.38. The highest BCUT2D eigenvalue weighted by atomic mass is 28.4. The molecule has 0 saturated heterocycles. The van der Waals surface area contributed by atoms with Gasteiger partial charge in [0.2, 0.25) is 0 Å². The molecule has 1 fully saturated rings. The number of carbonyl (C=O) groups is 1. The molecule has 1 aliphatic carbocycles. The number of carboxylic acids is 1. The number of aliphatic hydroxyl groups excluding tert-OH is 1. The van der Waals surface area contributed by atoms with Gasteiger partial charge in [-0.15, -0.1) is 0 Å². The topological polar surface area (TPSA) is 76.0 Å². The van der Waals surface area contributed by atoms with Crippen LogP contribution in [-0.4, -0.2) is 51.1 Å². The smallest absolute Gasteiger partial charge is 0.303 e. The first-order chi connectivity index (χ1) is 17.8. The summed E-state index contributed by atoms with van der Waals surface area (Å²) in [6.07, 6.45) is 16.1. The lowest BCUT2D eigenvalue weighted by molar-refractivity contribution is -0.137. The molecule has 0 aromatic heterocycles. The van der Waals surface area contributed by atoms with Gasteiger partial charge in [0.15, 0.2) is 16.6 Å². The highest BCUT2D eigenvalue weighted by molar-refractivity contribution is 6.74. The number of hydrogen-bond acceptors (Lipinski definition) is 4. The van der Waals surface area contributed by atoms with Gasteiger partial charge in [-0.25, -0.2) is 0 Å². The normalized spacial score (nSPS) is 24.2. The molecule has 0 aromatic carbocycles. The molecule has 0 radical (unpaired) electrons. The molecule has 0 bridgehead atoms. The first kappa shape index (κ1) is 36.3. The van der Waals surface area contributed by atoms with Gasteiger partial charge in [0.05, 0.1) is 18.3 Å². The highest BCUT2D eigenvalue weighted by Crippen LogP contribution is 2.44. The largest absolute Gasteiger partial charge is 0.481 e. The summed E-state index contributed by atoms with van der Waals surface area (Å²) in [6.45, 7) is 25.2.